The summed E-state index contributed by atoms with van der Waals surface area (Å²) in [6, 6.07) is 16.3. The van der Waals surface area contributed by atoms with Gasteiger partial charge in [-0.15, -0.1) is 0 Å². The predicted molar refractivity (Wildman–Crippen MR) is 151 cm³/mol. The first kappa shape index (κ1) is 29.9. The molecule has 41 heavy (non-hydrogen) atoms. The molecule has 0 heterocycles. The smallest absolute Gasteiger partial charge is 0.120 e. The van der Waals surface area contributed by atoms with Crippen molar-refractivity contribution < 1.29 is 14.2 Å². The molecule has 208 valence electrons. The number of benzene rings is 3. The van der Waals surface area contributed by atoms with Gasteiger partial charge in [0, 0.05) is 19.6 Å². The summed E-state index contributed by atoms with van der Waals surface area (Å²) in [4.78, 5) is 11.2. The molecule has 0 aliphatic heterocycles. The molecule has 0 aromatic heterocycles. The molecule has 0 aliphatic rings. The molecule has 0 bridgehead atoms. The minimum absolute atomic E-state index is 0.132. The minimum atomic E-state index is 0.132. The Hall–Kier alpha value is -5.70. The quantitative estimate of drug-likeness (QED) is 0.0964. The number of ether oxygens (including phenoxy) is 3. The Morgan fingerprint density at radius 2 is 0.756 bits per heavy atom. The van der Waals surface area contributed by atoms with E-state index in [9.17, 15) is 0 Å². The lowest BCUT2D eigenvalue weighted by Gasteiger charge is -2.14. The van der Waals surface area contributed by atoms with Crippen LogP contribution in [0.2, 0.25) is 0 Å². The van der Waals surface area contributed by atoms with Crippen LogP contribution in [0.1, 0.15) is 40.3 Å². The van der Waals surface area contributed by atoms with Crippen molar-refractivity contribution in [3.05, 3.63) is 130 Å². The lowest BCUT2D eigenvalue weighted by molar-refractivity contribution is 0.294. The number of azide groups is 4. The fourth-order valence-corrected chi connectivity index (χ4v) is 3.92. The molecule has 0 N–H and O–H groups in total. The van der Waals surface area contributed by atoms with Gasteiger partial charge in [0.15, 0.2) is 0 Å². The van der Waals surface area contributed by atoms with Crippen LogP contribution in [0, 0.1) is 0 Å². The van der Waals surface area contributed by atoms with Crippen molar-refractivity contribution in [3.8, 4) is 17.2 Å². The van der Waals surface area contributed by atoms with E-state index in [1.165, 1.54) is 0 Å². The van der Waals surface area contributed by atoms with E-state index in [0.717, 1.165) is 33.4 Å². The van der Waals surface area contributed by atoms with E-state index >= 15 is 0 Å². The molecular formula is C26H26N12O3. The predicted octanol–water partition coefficient (Wildman–Crippen LogP) is 8.48. The fourth-order valence-electron chi connectivity index (χ4n) is 3.92. The van der Waals surface area contributed by atoms with E-state index in [2.05, 4.69) is 40.1 Å². The Kier molecular flexibility index (Phi) is 11.9. The second-order valence-electron chi connectivity index (χ2n) is 8.52. The molecule has 3 aromatic carbocycles. The summed E-state index contributed by atoms with van der Waals surface area (Å²) in [7, 11) is 0. The normalized spacial score (nSPS) is 9.78. The van der Waals surface area contributed by atoms with Crippen LogP contribution >= 0.6 is 0 Å². The van der Waals surface area contributed by atoms with Crippen molar-refractivity contribution in [1.82, 2.24) is 0 Å². The van der Waals surface area contributed by atoms with Crippen molar-refractivity contribution in [2.75, 3.05) is 6.61 Å². The molecule has 0 radical (unpaired) electrons. The highest BCUT2D eigenvalue weighted by Gasteiger charge is 2.08. The largest absolute Gasteiger partial charge is 0.494 e. The molecule has 0 amide bonds. The molecule has 3 rings (SSSR count). The Morgan fingerprint density at radius 1 is 0.463 bits per heavy atom. The highest BCUT2D eigenvalue weighted by atomic mass is 16.5. The average Bonchev–Trinajstić information content (AvgIpc) is 2.98. The van der Waals surface area contributed by atoms with Crippen LogP contribution in [0.4, 0.5) is 0 Å². The molecule has 0 unspecified atom stereocenters. The second-order valence-corrected chi connectivity index (χ2v) is 8.52. The standard InChI is InChI=1S/C26H26N12O3/c1-2-39-24-10-22(16-40-25-6-18(12-31-35-27)3-19(7-25)13-32-36-28)5-23(11-24)17-41-26-8-20(14-33-37-29)4-21(9-26)15-34-38-30/h3-11H,2,12-17H2,1H3. The van der Waals surface area contributed by atoms with Crippen LogP contribution in [0.5, 0.6) is 17.2 Å². The van der Waals surface area contributed by atoms with Gasteiger partial charge >= 0.3 is 0 Å². The van der Waals surface area contributed by atoms with E-state index in [0.29, 0.717) is 23.9 Å². The molecule has 0 spiro atoms. The molecule has 3 aromatic rings. The Bertz CT molecular complexity index is 1370. The maximum Gasteiger partial charge on any atom is 0.120 e. The van der Waals surface area contributed by atoms with Gasteiger partial charge in [-0.3, -0.25) is 0 Å². The van der Waals surface area contributed by atoms with E-state index < -0.39 is 0 Å². The summed E-state index contributed by atoms with van der Waals surface area (Å²) in [6.45, 7) is 3.30. The molecule has 15 nitrogen and oxygen atoms in total. The van der Waals surface area contributed by atoms with Crippen LogP contribution in [-0.2, 0) is 39.4 Å². The summed E-state index contributed by atoms with van der Waals surface area (Å²) in [6.07, 6.45) is 0. The number of hydrogen-bond donors (Lipinski definition) is 0. The highest BCUT2D eigenvalue weighted by Crippen LogP contribution is 2.25. The van der Waals surface area contributed by atoms with Gasteiger partial charge < -0.3 is 14.2 Å². The maximum atomic E-state index is 8.67. The van der Waals surface area contributed by atoms with E-state index in [4.69, 9.17) is 36.3 Å². The Morgan fingerprint density at radius 3 is 1.07 bits per heavy atom. The Labute approximate surface area is 234 Å². The van der Waals surface area contributed by atoms with E-state index in [1.807, 2.05) is 25.1 Å². The molecule has 0 aliphatic carbocycles. The SMILES string of the molecule is CCOc1cc(COc2cc(CN=[N+]=[N-])cc(CN=[N+]=[N-])c2)cc(COc2cc(CN=[N+]=[N-])cc(CN=[N+]=[N-])c2)c1. The zero-order chi connectivity index (χ0) is 29.3. The minimum Gasteiger partial charge on any atom is -0.494 e. The molecule has 0 saturated heterocycles. The number of rotatable bonds is 16. The van der Waals surface area contributed by atoms with E-state index in [1.54, 1.807) is 36.4 Å². The molecular weight excluding hydrogens is 528 g/mol. The second kappa shape index (κ2) is 16.3. The van der Waals surface area contributed by atoms with Crippen molar-refractivity contribution in [3.63, 3.8) is 0 Å². The van der Waals surface area contributed by atoms with Gasteiger partial charge in [-0.2, -0.15) is 0 Å². The van der Waals surface area contributed by atoms with Gasteiger partial charge in [0.2, 0.25) is 0 Å². The molecule has 0 saturated carbocycles. The van der Waals surface area contributed by atoms with Gasteiger partial charge in [0.25, 0.3) is 0 Å². The first-order chi connectivity index (χ1) is 20.1. The fraction of sp³-hybridized carbons (Fsp3) is 0.308. The van der Waals surface area contributed by atoms with Gasteiger partial charge in [-0.25, -0.2) is 0 Å². The van der Waals surface area contributed by atoms with Crippen LogP contribution in [0.15, 0.2) is 75.1 Å². The first-order valence-electron chi connectivity index (χ1n) is 12.4. The van der Waals surface area contributed by atoms with Gasteiger partial charge in [-0.05, 0) is 105 Å². The first-order valence-corrected chi connectivity index (χ1v) is 12.4. The number of nitrogens with zero attached hydrogens (tertiary/aromatic N) is 12. The van der Waals surface area contributed by atoms with E-state index in [-0.39, 0.29) is 39.4 Å². The monoisotopic (exact) mass is 554 g/mol. The lowest BCUT2D eigenvalue weighted by atomic mass is 10.1. The third-order valence-electron chi connectivity index (χ3n) is 5.47. The van der Waals surface area contributed by atoms with Crippen LogP contribution in [0.25, 0.3) is 41.8 Å². The molecule has 15 heteroatoms. The summed E-state index contributed by atoms with van der Waals surface area (Å²) in [5.41, 5.74) is 39.2. The number of hydrogen-bond acceptors (Lipinski definition) is 7. The average molecular weight is 555 g/mol. The molecule has 0 fully saturated rings. The van der Waals surface area contributed by atoms with Crippen molar-refractivity contribution >= 4 is 0 Å². The summed E-state index contributed by atoms with van der Waals surface area (Å²) < 4.78 is 17.8. The maximum absolute atomic E-state index is 8.67. The molecule has 0 atom stereocenters. The van der Waals surface area contributed by atoms with Crippen molar-refractivity contribution in [2.45, 2.75) is 46.3 Å². The zero-order valence-electron chi connectivity index (χ0n) is 22.2. The topological polar surface area (TPSA) is 223 Å². The highest BCUT2D eigenvalue weighted by molar-refractivity contribution is 5.38. The third kappa shape index (κ3) is 10.2. The van der Waals surface area contributed by atoms with Crippen LogP contribution in [0.3, 0.4) is 0 Å². The van der Waals surface area contributed by atoms with Gasteiger partial charge in [0.1, 0.15) is 30.5 Å². The summed E-state index contributed by atoms with van der Waals surface area (Å²) in [5, 5.41) is 14.4. The van der Waals surface area contributed by atoms with Crippen molar-refractivity contribution in [1.29, 1.82) is 0 Å². The zero-order valence-corrected chi connectivity index (χ0v) is 22.2. The van der Waals surface area contributed by atoms with Gasteiger partial charge in [0.05, 0.1) is 32.8 Å². The lowest BCUT2D eigenvalue weighted by Crippen LogP contribution is -2.03. The van der Waals surface area contributed by atoms with Crippen LogP contribution in [-0.4, -0.2) is 6.61 Å². The summed E-state index contributed by atoms with van der Waals surface area (Å²) in [5.74, 6) is 1.71. The third-order valence-corrected chi connectivity index (χ3v) is 5.47. The summed E-state index contributed by atoms with van der Waals surface area (Å²) >= 11 is 0. The van der Waals surface area contributed by atoms with Gasteiger partial charge in [-0.1, -0.05) is 32.6 Å². The Balaban J connectivity index is 1.81. The van der Waals surface area contributed by atoms with Crippen molar-refractivity contribution in [2.24, 2.45) is 20.5 Å². The van der Waals surface area contributed by atoms with Crippen LogP contribution < -0.4 is 14.2 Å².